The Bertz CT molecular complexity index is 375. The van der Waals surface area contributed by atoms with Gasteiger partial charge >= 0.3 is 0 Å². The quantitative estimate of drug-likeness (QED) is 0.649. The molecule has 0 radical (unpaired) electrons. The summed E-state index contributed by atoms with van der Waals surface area (Å²) in [5.41, 5.74) is 1.29. The second-order valence-electron chi connectivity index (χ2n) is 6.34. The number of nitrogens with zero attached hydrogens (tertiary/aromatic N) is 1. The zero-order valence-electron chi connectivity index (χ0n) is 14.1. The monoisotopic (exact) mass is 292 g/mol. The Morgan fingerprint density at radius 2 is 1.76 bits per heavy atom. The van der Waals surface area contributed by atoms with Crippen molar-refractivity contribution >= 4 is 0 Å². The van der Waals surface area contributed by atoms with Crippen LogP contribution in [-0.4, -0.2) is 42.2 Å². The third-order valence-electron chi connectivity index (χ3n) is 4.11. The van der Waals surface area contributed by atoms with Crippen LogP contribution >= 0.6 is 0 Å². The Kier molecular flexibility index (Phi) is 8.40. The molecular formula is C18H32N2O. The van der Waals surface area contributed by atoms with Crippen molar-refractivity contribution < 1.29 is 5.11 Å². The van der Waals surface area contributed by atoms with E-state index in [1.54, 1.807) is 12.1 Å². The van der Waals surface area contributed by atoms with Gasteiger partial charge in [0.2, 0.25) is 0 Å². The molecule has 0 heterocycles. The van der Waals surface area contributed by atoms with Crippen molar-refractivity contribution in [2.75, 3.05) is 20.1 Å². The maximum absolute atomic E-state index is 9.26. The summed E-state index contributed by atoms with van der Waals surface area (Å²) in [6.45, 7) is 9.01. The van der Waals surface area contributed by atoms with Crippen LogP contribution in [0.15, 0.2) is 24.3 Å². The summed E-state index contributed by atoms with van der Waals surface area (Å²) in [7, 11) is 2.19. The average molecular weight is 292 g/mol. The minimum absolute atomic E-state index is 0.344. The Labute approximate surface area is 130 Å². The highest BCUT2D eigenvalue weighted by Gasteiger charge is 2.04. The third-order valence-corrected chi connectivity index (χ3v) is 4.11. The normalized spacial score (nSPS) is 13.0. The van der Waals surface area contributed by atoms with Crippen molar-refractivity contribution in [1.29, 1.82) is 0 Å². The van der Waals surface area contributed by atoms with Gasteiger partial charge in [-0.05, 0) is 84.3 Å². The number of nitrogens with one attached hydrogen (secondary N) is 1. The first-order valence-electron chi connectivity index (χ1n) is 8.20. The minimum atomic E-state index is 0.344. The number of unbranched alkanes of at least 4 members (excludes halogenated alkanes) is 1. The molecule has 0 spiro atoms. The predicted octanol–water partition coefficient (Wildman–Crippen LogP) is 3.42. The summed E-state index contributed by atoms with van der Waals surface area (Å²) in [5, 5.41) is 12.9. The van der Waals surface area contributed by atoms with E-state index in [-0.39, 0.29) is 0 Å². The lowest BCUT2D eigenvalue weighted by molar-refractivity contribution is 0.267. The number of phenolic OH excluding ortho intramolecular Hbond substituents is 1. The summed E-state index contributed by atoms with van der Waals surface area (Å²) in [5.74, 6) is 0.344. The lowest BCUT2D eigenvalue weighted by atomic mass is 10.1. The highest BCUT2D eigenvalue weighted by atomic mass is 16.3. The van der Waals surface area contributed by atoms with Crippen molar-refractivity contribution in [1.82, 2.24) is 10.2 Å². The van der Waals surface area contributed by atoms with Gasteiger partial charge in [-0.1, -0.05) is 12.1 Å². The summed E-state index contributed by atoms with van der Waals surface area (Å²) < 4.78 is 0. The lowest BCUT2D eigenvalue weighted by Crippen LogP contribution is -2.30. The van der Waals surface area contributed by atoms with E-state index in [4.69, 9.17) is 0 Å². The predicted molar refractivity (Wildman–Crippen MR) is 90.9 cm³/mol. The fourth-order valence-electron chi connectivity index (χ4n) is 2.24. The van der Waals surface area contributed by atoms with Crippen LogP contribution in [-0.2, 0) is 6.42 Å². The van der Waals surface area contributed by atoms with Crippen LogP contribution in [0.25, 0.3) is 0 Å². The van der Waals surface area contributed by atoms with Gasteiger partial charge < -0.3 is 15.3 Å². The van der Waals surface area contributed by atoms with E-state index in [0.29, 0.717) is 17.8 Å². The van der Waals surface area contributed by atoms with Gasteiger partial charge in [0, 0.05) is 12.1 Å². The van der Waals surface area contributed by atoms with E-state index in [2.05, 4.69) is 38.0 Å². The number of hydrogen-bond acceptors (Lipinski definition) is 3. The SMILES string of the molecule is CC(CCc1ccc(O)cc1)NCCCCN(C)C(C)C. The van der Waals surface area contributed by atoms with Gasteiger partial charge in [-0.15, -0.1) is 0 Å². The maximum Gasteiger partial charge on any atom is 0.115 e. The molecule has 120 valence electrons. The van der Waals surface area contributed by atoms with Crippen molar-refractivity contribution in [2.45, 2.75) is 58.5 Å². The van der Waals surface area contributed by atoms with Crippen LogP contribution in [0.1, 0.15) is 45.6 Å². The molecule has 0 saturated heterocycles. The van der Waals surface area contributed by atoms with Crippen LogP contribution < -0.4 is 5.32 Å². The van der Waals surface area contributed by atoms with E-state index in [9.17, 15) is 5.11 Å². The maximum atomic E-state index is 9.26. The molecule has 1 aromatic carbocycles. The summed E-state index contributed by atoms with van der Waals surface area (Å²) in [4.78, 5) is 2.40. The molecule has 0 saturated carbocycles. The minimum Gasteiger partial charge on any atom is -0.508 e. The molecule has 0 amide bonds. The Hall–Kier alpha value is -1.06. The molecule has 2 N–H and O–H groups in total. The molecular weight excluding hydrogens is 260 g/mol. The molecule has 0 aliphatic heterocycles. The van der Waals surface area contributed by atoms with Gasteiger partial charge in [0.25, 0.3) is 0 Å². The molecule has 0 aromatic heterocycles. The molecule has 21 heavy (non-hydrogen) atoms. The second-order valence-corrected chi connectivity index (χ2v) is 6.34. The molecule has 1 unspecified atom stereocenters. The van der Waals surface area contributed by atoms with Gasteiger partial charge in [-0.3, -0.25) is 0 Å². The topological polar surface area (TPSA) is 35.5 Å². The van der Waals surface area contributed by atoms with Crippen LogP contribution in [0.4, 0.5) is 0 Å². The van der Waals surface area contributed by atoms with Gasteiger partial charge in [0.15, 0.2) is 0 Å². The lowest BCUT2D eigenvalue weighted by Gasteiger charge is -2.21. The number of aryl methyl sites for hydroxylation is 1. The second kappa shape index (κ2) is 9.80. The number of benzene rings is 1. The molecule has 1 rings (SSSR count). The van der Waals surface area contributed by atoms with Crippen molar-refractivity contribution in [3.05, 3.63) is 29.8 Å². The van der Waals surface area contributed by atoms with Crippen molar-refractivity contribution in [3.8, 4) is 5.75 Å². The standard InChI is InChI=1S/C18H32N2O/c1-15(2)20(4)14-6-5-13-19-16(3)7-8-17-9-11-18(21)12-10-17/h9-12,15-16,19,21H,5-8,13-14H2,1-4H3. The van der Waals surface area contributed by atoms with Crippen molar-refractivity contribution in [2.24, 2.45) is 0 Å². The Morgan fingerprint density at radius 3 is 2.38 bits per heavy atom. The first-order chi connectivity index (χ1) is 9.99. The largest absolute Gasteiger partial charge is 0.508 e. The molecule has 0 aliphatic rings. The van der Waals surface area contributed by atoms with Crippen LogP contribution in [0.3, 0.4) is 0 Å². The molecule has 1 aromatic rings. The van der Waals surface area contributed by atoms with Gasteiger partial charge in [-0.25, -0.2) is 0 Å². The number of rotatable bonds is 10. The third kappa shape index (κ3) is 8.08. The fourth-order valence-corrected chi connectivity index (χ4v) is 2.24. The van der Waals surface area contributed by atoms with Crippen LogP contribution in [0, 0.1) is 0 Å². The van der Waals surface area contributed by atoms with E-state index < -0.39 is 0 Å². The molecule has 0 fully saturated rings. The summed E-state index contributed by atoms with van der Waals surface area (Å²) in [6.07, 6.45) is 4.69. The van der Waals surface area contributed by atoms with Crippen LogP contribution in [0.5, 0.6) is 5.75 Å². The van der Waals surface area contributed by atoms with E-state index in [1.807, 2.05) is 12.1 Å². The van der Waals surface area contributed by atoms with Crippen molar-refractivity contribution in [3.63, 3.8) is 0 Å². The van der Waals surface area contributed by atoms with Gasteiger partial charge in [0.1, 0.15) is 5.75 Å². The Morgan fingerprint density at radius 1 is 1.10 bits per heavy atom. The van der Waals surface area contributed by atoms with E-state index in [1.165, 1.54) is 24.9 Å². The number of aromatic hydroxyl groups is 1. The zero-order valence-corrected chi connectivity index (χ0v) is 14.1. The zero-order chi connectivity index (χ0) is 15.7. The fraction of sp³-hybridized carbons (Fsp3) is 0.667. The smallest absolute Gasteiger partial charge is 0.115 e. The van der Waals surface area contributed by atoms with Crippen LogP contribution in [0.2, 0.25) is 0 Å². The average Bonchev–Trinajstić information content (AvgIpc) is 2.46. The van der Waals surface area contributed by atoms with Gasteiger partial charge in [-0.2, -0.15) is 0 Å². The molecule has 3 nitrogen and oxygen atoms in total. The summed E-state index contributed by atoms with van der Waals surface area (Å²) in [6, 6.07) is 8.72. The summed E-state index contributed by atoms with van der Waals surface area (Å²) >= 11 is 0. The first kappa shape index (κ1) is 18.0. The Balaban J connectivity index is 2.06. The van der Waals surface area contributed by atoms with E-state index in [0.717, 1.165) is 19.4 Å². The highest BCUT2D eigenvalue weighted by Crippen LogP contribution is 2.11. The first-order valence-corrected chi connectivity index (χ1v) is 8.20. The number of phenols is 1. The number of hydrogen-bond donors (Lipinski definition) is 2. The highest BCUT2D eigenvalue weighted by molar-refractivity contribution is 5.25. The molecule has 0 bridgehead atoms. The molecule has 0 aliphatic carbocycles. The molecule has 1 atom stereocenters. The van der Waals surface area contributed by atoms with Gasteiger partial charge in [0.05, 0.1) is 0 Å². The van der Waals surface area contributed by atoms with E-state index >= 15 is 0 Å². The molecule has 3 heteroatoms.